The number of hydrogen-bond acceptors (Lipinski definition) is 4. The van der Waals surface area contributed by atoms with Crippen molar-refractivity contribution < 1.29 is 9.32 Å². The molecule has 0 aliphatic heterocycles. The van der Waals surface area contributed by atoms with Gasteiger partial charge in [0.25, 0.3) is 0 Å². The summed E-state index contributed by atoms with van der Waals surface area (Å²) >= 11 is 0. The van der Waals surface area contributed by atoms with Gasteiger partial charge in [0, 0.05) is 18.4 Å². The molecule has 0 spiro atoms. The van der Waals surface area contributed by atoms with Crippen LogP contribution < -0.4 is 5.32 Å². The number of hydrogen-bond donors (Lipinski definition) is 1. The van der Waals surface area contributed by atoms with Crippen LogP contribution in [-0.4, -0.2) is 16.0 Å². The van der Waals surface area contributed by atoms with Gasteiger partial charge in [-0.2, -0.15) is 4.98 Å². The minimum Gasteiger partial charge on any atom is -0.350 e. The SMILES string of the molecule is Cc1ccc(-c2noc(CCC(=O)NC(C)c3ccccc3)n2)cc1. The molecule has 0 saturated carbocycles. The summed E-state index contributed by atoms with van der Waals surface area (Å²) in [6, 6.07) is 17.8. The van der Waals surface area contributed by atoms with E-state index in [1.165, 1.54) is 5.56 Å². The fourth-order valence-electron chi connectivity index (χ4n) is 2.54. The van der Waals surface area contributed by atoms with Crippen molar-refractivity contribution >= 4 is 5.91 Å². The average Bonchev–Trinajstić information content (AvgIpc) is 3.10. The fraction of sp³-hybridized carbons (Fsp3) is 0.250. The smallest absolute Gasteiger partial charge is 0.227 e. The van der Waals surface area contributed by atoms with E-state index in [0.717, 1.165) is 11.1 Å². The number of carbonyl (C=O) groups is 1. The normalized spacial score (nSPS) is 11.9. The van der Waals surface area contributed by atoms with Crippen LogP contribution in [0.15, 0.2) is 59.1 Å². The molecule has 1 amide bonds. The fourth-order valence-corrected chi connectivity index (χ4v) is 2.54. The van der Waals surface area contributed by atoms with Crippen molar-refractivity contribution in [3.8, 4) is 11.4 Å². The van der Waals surface area contributed by atoms with Gasteiger partial charge in [-0.15, -0.1) is 0 Å². The third kappa shape index (κ3) is 4.53. The number of nitrogens with zero attached hydrogens (tertiary/aromatic N) is 2. The van der Waals surface area contributed by atoms with Crippen molar-refractivity contribution in [1.82, 2.24) is 15.5 Å². The van der Waals surface area contributed by atoms with E-state index in [-0.39, 0.29) is 11.9 Å². The third-order valence-corrected chi connectivity index (χ3v) is 4.02. The zero-order valence-electron chi connectivity index (χ0n) is 14.4. The van der Waals surface area contributed by atoms with Crippen LogP contribution in [0.5, 0.6) is 0 Å². The summed E-state index contributed by atoms with van der Waals surface area (Å²) in [5.74, 6) is 0.984. The molecule has 0 fully saturated rings. The van der Waals surface area contributed by atoms with Crippen LogP contribution in [0.4, 0.5) is 0 Å². The molecule has 0 aliphatic rings. The van der Waals surface area contributed by atoms with E-state index in [9.17, 15) is 4.79 Å². The Balaban J connectivity index is 1.53. The Morgan fingerprint density at radius 3 is 2.56 bits per heavy atom. The van der Waals surface area contributed by atoms with Crippen LogP contribution in [0.1, 0.15) is 36.4 Å². The summed E-state index contributed by atoms with van der Waals surface area (Å²) in [4.78, 5) is 16.5. The molecule has 0 bridgehead atoms. The molecule has 1 aromatic heterocycles. The highest BCUT2D eigenvalue weighted by molar-refractivity contribution is 5.76. The van der Waals surface area contributed by atoms with Crippen LogP contribution in [0, 0.1) is 6.92 Å². The van der Waals surface area contributed by atoms with Crippen LogP contribution in [0.2, 0.25) is 0 Å². The predicted octanol–water partition coefficient (Wildman–Crippen LogP) is 3.86. The molecule has 3 aromatic rings. The first-order chi connectivity index (χ1) is 12.1. The Hall–Kier alpha value is -2.95. The lowest BCUT2D eigenvalue weighted by atomic mass is 10.1. The Morgan fingerprint density at radius 1 is 1.12 bits per heavy atom. The molecule has 3 rings (SSSR count). The lowest BCUT2D eigenvalue weighted by Crippen LogP contribution is -2.26. The molecular weight excluding hydrogens is 314 g/mol. The van der Waals surface area contributed by atoms with Gasteiger partial charge in [0.2, 0.25) is 17.6 Å². The highest BCUT2D eigenvalue weighted by atomic mass is 16.5. The summed E-state index contributed by atoms with van der Waals surface area (Å²) in [6.07, 6.45) is 0.735. The second-order valence-corrected chi connectivity index (χ2v) is 6.08. The van der Waals surface area contributed by atoms with Crippen LogP contribution in [0.3, 0.4) is 0 Å². The van der Waals surface area contributed by atoms with Crippen LogP contribution in [0.25, 0.3) is 11.4 Å². The number of amides is 1. The van der Waals surface area contributed by atoms with Gasteiger partial charge in [0.05, 0.1) is 6.04 Å². The van der Waals surface area contributed by atoms with Gasteiger partial charge in [-0.05, 0) is 19.4 Å². The maximum Gasteiger partial charge on any atom is 0.227 e. The van der Waals surface area contributed by atoms with Crippen molar-refractivity contribution in [2.75, 3.05) is 0 Å². The van der Waals surface area contributed by atoms with E-state index >= 15 is 0 Å². The van der Waals surface area contributed by atoms with Gasteiger partial charge in [0.15, 0.2) is 0 Å². The number of nitrogens with one attached hydrogen (secondary N) is 1. The van der Waals surface area contributed by atoms with Crippen molar-refractivity contribution in [3.63, 3.8) is 0 Å². The lowest BCUT2D eigenvalue weighted by molar-refractivity contribution is -0.121. The van der Waals surface area contributed by atoms with Gasteiger partial charge < -0.3 is 9.84 Å². The van der Waals surface area contributed by atoms with E-state index < -0.39 is 0 Å². The van der Waals surface area contributed by atoms with E-state index in [2.05, 4.69) is 15.5 Å². The number of aryl methyl sites for hydroxylation is 2. The maximum atomic E-state index is 12.1. The van der Waals surface area contributed by atoms with Gasteiger partial charge >= 0.3 is 0 Å². The zero-order valence-corrected chi connectivity index (χ0v) is 14.4. The molecule has 25 heavy (non-hydrogen) atoms. The first-order valence-electron chi connectivity index (χ1n) is 8.36. The number of carbonyl (C=O) groups excluding carboxylic acids is 1. The summed E-state index contributed by atoms with van der Waals surface area (Å²) in [7, 11) is 0. The van der Waals surface area contributed by atoms with Crippen molar-refractivity contribution in [3.05, 3.63) is 71.6 Å². The molecule has 0 radical (unpaired) electrons. The second kappa shape index (κ2) is 7.75. The molecule has 1 unspecified atom stereocenters. The number of benzene rings is 2. The Labute approximate surface area is 147 Å². The second-order valence-electron chi connectivity index (χ2n) is 6.08. The molecule has 1 atom stereocenters. The molecule has 5 heteroatoms. The van der Waals surface area contributed by atoms with Crippen LogP contribution >= 0.6 is 0 Å². The van der Waals surface area contributed by atoms with Gasteiger partial charge in [0.1, 0.15) is 0 Å². The molecule has 2 aromatic carbocycles. The maximum absolute atomic E-state index is 12.1. The summed E-state index contributed by atoms with van der Waals surface area (Å²) in [6.45, 7) is 4.00. The first-order valence-corrected chi connectivity index (χ1v) is 8.36. The predicted molar refractivity (Wildman–Crippen MR) is 95.8 cm³/mol. The van der Waals surface area contributed by atoms with Crippen molar-refractivity contribution in [2.24, 2.45) is 0 Å². The van der Waals surface area contributed by atoms with E-state index in [1.807, 2.05) is 68.4 Å². The van der Waals surface area contributed by atoms with E-state index in [1.54, 1.807) is 0 Å². The quantitative estimate of drug-likeness (QED) is 0.743. The van der Waals surface area contributed by atoms with Gasteiger partial charge in [-0.3, -0.25) is 4.79 Å². The Bertz CT molecular complexity index is 826. The summed E-state index contributed by atoms with van der Waals surface area (Å²) in [5, 5.41) is 6.97. The Kier molecular flexibility index (Phi) is 5.23. The monoisotopic (exact) mass is 335 g/mol. The van der Waals surface area contributed by atoms with Crippen LogP contribution in [-0.2, 0) is 11.2 Å². The topological polar surface area (TPSA) is 68.0 Å². The standard InChI is InChI=1S/C20H21N3O2/c1-14-8-10-17(11-9-14)20-22-19(25-23-20)13-12-18(24)21-15(2)16-6-4-3-5-7-16/h3-11,15H,12-13H2,1-2H3,(H,21,24). The summed E-state index contributed by atoms with van der Waals surface area (Å²) < 4.78 is 5.25. The zero-order chi connectivity index (χ0) is 17.6. The largest absolute Gasteiger partial charge is 0.350 e. The highest BCUT2D eigenvalue weighted by Crippen LogP contribution is 2.17. The minimum atomic E-state index is -0.0357. The highest BCUT2D eigenvalue weighted by Gasteiger charge is 2.13. The molecular formula is C20H21N3O2. The molecule has 0 aliphatic carbocycles. The molecule has 5 nitrogen and oxygen atoms in total. The molecule has 1 heterocycles. The van der Waals surface area contributed by atoms with Gasteiger partial charge in [-0.25, -0.2) is 0 Å². The Morgan fingerprint density at radius 2 is 1.84 bits per heavy atom. The third-order valence-electron chi connectivity index (χ3n) is 4.02. The summed E-state index contributed by atoms with van der Waals surface area (Å²) in [5.41, 5.74) is 3.16. The number of rotatable bonds is 6. The molecule has 128 valence electrons. The first kappa shape index (κ1) is 16.9. The number of aromatic nitrogens is 2. The molecule has 1 N–H and O–H groups in total. The van der Waals surface area contributed by atoms with Crippen molar-refractivity contribution in [2.45, 2.75) is 32.7 Å². The van der Waals surface area contributed by atoms with Gasteiger partial charge in [-0.1, -0.05) is 65.3 Å². The molecule has 0 saturated heterocycles. The minimum absolute atomic E-state index is 0.0282. The average molecular weight is 335 g/mol. The van der Waals surface area contributed by atoms with E-state index in [4.69, 9.17) is 4.52 Å². The lowest BCUT2D eigenvalue weighted by Gasteiger charge is -2.13. The van der Waals surface area contributed by atoms with Crippen molar-refractivity contribution in [1.29, 1.82) is 0 Å². The van der Waals surface area contributed by atoms with E-state index in [0.29, 0.717) is 24.6 Å².